The van der Waals surface area contributed by atoms with Crippen molar-refractivity contribution in [1.29, 1.82) is 0 Å². The summed E-state index contributed by atoms with van der Waals surface area (Å²) in [5.74, 6) is 0.0422. The van der Waals surface area contributed by atoms with Gasteiger partial charge in [-0.3, -0.25) is 15.0 Å². The summed E-state index contributed by atoms with van der Waals surface area (Å²) in [6.45, 7) is 8.50. The predicted molar refractivity (Wildman–Crippen MR) is 164 cm³/mol. The Kier molecular flexibility index (Phi) is 9.88. The van der Waals surface area contributed by atoms with Crippen molar-refractivity contribution < 1.29 is 24.3 Å². The van der Waals surface area contributed by atoms with Gasteiger partial charge in [0.1, 0.15) is 0 Å². The molecule has 5 rings (SSSR count). The number of amides is 2. The minimum atomic E-state index is -0.638. The highest BCUT2D eigenvalue weighted by atomic mass is 16.7. The van der Waals surface area contributed by atoms with Gasteiger partial charge >= 0.3 is 6.03 Å². The zero-order valence-corrected chi connectivity index (χ0v) is 24.5. The van der Waals surface area contributed by atoms with Gasteiger partial charge in [-0.1, -0.05) is 43.3 Å². The zero-order valence-electron chi connectivity index (χ0n) is 24.5. The number of urea groups is 1. The number of piperazine rings is 1. The molecule has 11 nitrogen and oxygen atoms in total. The van der Waals surface area contributed by atoms with Crippen LogP contribution in [0, 0.1) is 16.0 Å². The summed E-state index contributed by atoms with van der Waals surface area (Å²) >= 11 is 0. The van der Waals surface area contributed by atoms with Gasteiger partial charge in [0, 0.05) is 74.3 Å². The molecule has 0 aliphatic carbocycles. The summed E-state index contributed by atoms with van der Waals surface area (Å²) in [7, 11) is 0. The maximum absolute atomic E-state index is 12.1. The molecular formula is C32H39N5O6. The molecule has 228 valence electrons. The molecule has 11 heteroatoms. The normalized spacial score (nSPS) is 22.6. The molecule has 3 aromatic rings. The highest BCUT2D eigenvalue weighted by Crippen LogP contribution is 2.42. The third-order valence-corrected chi connectivity index (χ3v) is 8.11. The van der Waals surface area contributed by atoms with Gasteiger partial charge in [-0.2, -0.15) is 0 Å². The number of rotatable bonds is 9. The van der Waals surface area contributed by atoms with Crippen LogP contribution < -0.4 is 15.5 Å². The molecule has 0 unspecified atom stereocenters. The van der Waals surface area contributed by atoms with E-state index in [0.29, 0.717) is 12.2 Å². The number of hydrogen-bond acceptors (Lipinski definition) is 8. The zero-order chi connectivity index (χ0) is 30.3. The lowest BCUT2D eigenvalue weighted by molar-refractivity contribution is -0.384. The van der Waals surface area contributed by atoms with Crippen molar-refractivity contribution in [2.75, 3.05) is 49.5 Å². The smallest absolute Gasteiger partial charge is 0.319 e. The van der Waals surface area contributed by atoms with Gasteiger partial charge in [-0.15, -0.1) is 0 Å². The van der Waals surface area contributed by atoms with Crippen LogP contribution in [0.1, 0.15) is 42.9 Å². The second-order valence-electron chi connectivity index (χ2n) is 11.0. The fourth-order valence-electron chi connectivity index (χ4n) is 5.66. The number of nitrogens with one attached hydrogen (secondary N) is 2. The Balaban J connectivity index is 1.31. The molecular weight excluding hydrogens is 550 g/mol. The number of hydrogen-bond donors (Lipinski definition) is 3. The van der Waals surface area contributed by atoms with Crippen LogP contribution in [0.25, 0.3) is 0 Å². The SMILES string of the molecule is CCNC(=O)Nc1cccc([C@H]2O[C@@H](CN3CCN(c4ccc([N+](=O)[O-])cc4)CC3)[C@@H](C)[C@@H](c3ccc(CO)cc3)O2)c1. The first-order chi connectivity index (χ1) is 20.8. The molecule has 43 heavy (non-hydrogen) atoms. The Labute approximate surface area is 251 Å². The van der Waals surface area contributed by atoms with Crippen LogP contribution >= 0.6 is 0 Å². The maximum atomic E-state index is 12.1. The van der Waals surface area contributed by atoms with Gasteiger partial charge in [0.25, 0.3) is 5.69 Å². The standard InChI is InChI=1S/C32H39N5O6/c1-3-33-32(39)34-26-6-4-5-25(19-26)31-42-29(22(2)30(43-31)24-9-7-23(21-38)8-10-24)20-35-15-17-36(18-16-35)27-11-13-28(14-12-27)37(40)41/h4-14,19,22,29-31,38H,3,15-18,20-21H2,1-2H3,(H2,33,34,39)/t22-,29+,30+,31+/m1/s1. The van der Waals surface area contributed by atoms with Gasteiger partial charge in [-0.05, 0) is 42.3 Å². The van der Waals surface area contributed by atoms with Gasteiger partial charge in [-0.25, -0.2) is 4.79 Å². The van der Waals surface area contributed by atoms with Crippen molar-refractivity contribution in [1.82, 2.24) is 10.2 Å². The van der Waals surface area contributed by atoms with E-state index < -0.39 is 6.29 Å². The highest BCUT2D eigenvalue weighted by molar-refractivity contribution is 5.89. The molecule has 0 saturated carbocycles. The molecule has 3 aromatic carbocycles. The molecule has 2 saturated heterocycles. The van der Waals surface area contributed by atoms with Crippen molar-refractivity contribution in [3.63, 3.8) is 0 Å². The van der Waals surface area contributed by atoms with E-state index in [1.807, 2.05) is 67.6 Å². The number of carbonyl (C=O) groups excluding carboxylic acids is 1. The number of nitro groups is 1. The lowest BCUT2D eigenvalue weighted by atomic mass is 9.90. The maximum Gasteiger partial charge on any atom is 0.319 e. The van der Waals surface area contributed by atoms with Crippen LogP contribution in [-0.2, 0) is 16.1 Å². The summed E-state index contributed by atoms with van der Waals surface area (Å²) in [5.41, 5.74) is 4.39. The molecule has 0 spiro atoms. The number of nitrogens with zero attached hydrogens (tertiary/aromatic N) is 3. The van der Waals surface area contributed by atoms with Crippen LogP contribution in [0.2, 0.25) is 0 Å². The van der Waals surface area contributed by atoms with E-state index >= 15 is 0 Å². The van der Waals surface area contributed by atoms with Crippen LogP contribution in [0.3, 0.4) is 0 Å². The van der Waals surface area contributed by atoms with Gasteiger partial charge in [0.05, 0.1) is 23.7 Å². The molecule has 2 fully saturated rings. The lowest BCUT2D eigenvalue weighted by Gasteiger charge is -2.44. The van der Waals surface area contributed by atoms with E-state index in [9.17, 15) is 20.0 Å². The van der Waals surface area contributed by atoms with Crippen molar-refractivity contribution >= 4 is 23.1 Å². The average molecular weight is 590 g/mol. The largest absolute Gasteiger partial charge is 0.392 e. The number of aliphatic hydroxyl groups is 1. The van der Waals surface area contributed by atoms with E-state index in [2.05, 4.69) is 27.4 Å². The number of carbonyl (C=O) groups is 1. The number of ether oxygens (including phenoxy) is 2. The van der Waals surface area contributed by atoms with Crippen molar-refractivity contribution in [3.8, 4) is 0 Å². The van der Waals surface area contributed by atoms with Crippen LogP contribution in [0.4, 0.5) is 21.9 Å². The van der Waals surface area contributed by atoms with Crippen LogP contribution in [-0.4, -0.2) is 66.3 Å². The topological polar surface area (TPSA) is 129 Å². The first-order valence-corrected chi connectivity index (χ1v) is 14.7. The second-order valence-corrected chi connectivity index (χ2v) is 11.0. The fraction of sp³-hybridized carbons (Fsp3) is 0.406. The lowest BCUT2D eigenvalue weighted by Crippen LogP contribution is -2.51. The molecule has 2 aliphatic rings. The van der Waals surface area contributed by atoms with E-state index in [0.717, 1.165) is 55.1 Å². The quantitative estimate of drug-likeness (QED) is 0.239. The Morgan fingerprint density at radius 2 is 1.72 bits per heavy atom. The minimum absolute atomic E-state index is 0.0209. The molecule has 0 aromatic heterocycles. The van der Waals surface area contributed by atoms with E-state index in [4.69, 9.17) is 9.47 Å². The Hall–Kier alpha value is -4.03. The summed E-state index contributed by atoms with van der Waals surface area (Å²) in [6, 6.07) is 21.8. The monoisotopic (exact) mass is 589 g/mol. The fourth-order valence-corrected chi connectivity index (χ4v) is 5.66. The summed E-state index contributed by atoms with van der Waals surface area (Å²) in [4.78, 5) is 27.4. The number of benzene rings is 3. The summed E-state index contributed by atoms with van der Waals surface area (Å²) < 4.78 is 13.2. The average Bonchev–Trinajstić information content (AvgIpc) is 3.03. The van der Waals surface area contributed by atoms with Crippen molar-refractivity contribution in [3.05, 3.63) is 99.6 Å². The van der Waals surface area contributed by atoms with Crippen molar-refractivity contribution in [2.45, 2.75) is 39.0 Å². The van der Waals surface area contributed by atoms with E-state index in [1.54, 1.807) is 12.1 Å². The minimum Gasteiger partial charge on any atom is -0.392 e. The highest BCUT2D eigenvalue weighted by Gasteiger charge is 2.39. The van der Waals surface area contributed by atoms with Crippen LogP contribution in [0.5, 0.6) is 0 Å². The summed E-state index contributed by atoms with van der Waals surface area (Å²) in [5, 5.41) is 26.2. The van der Waals surface area contributed by atoms with Gasteiger partial charge in [0.15, 0.2) is 6.29 Å². The Bertz CT molecular complexity index is 1380. The van der Waals surface area contributed by atoms with Gasteiger partial charge in [0.2, 0.25) is 0 Å². The third kappa shape index (κ3) is 7.49. The number of anilines is 2. The number of nitro benzene ring substituents is 1. The van der Waals surface area contributed by atoms with Crippen LogP contribution in [0.15, 0.2) is 72.8 Å². The van der Waals surface area contributed by atoms with E-state index in [1.165, 1.54) is 0 Å². The molecule has 2 heterocycles. The van der Waals surface area contributed by atoms with E-state index in [-0.39, 0.29) is 41.4 Å². The first-order valence-electron chi connectivity index (χ1n) is 14.7. The number of aliphatic hydroxyl groups excluding tert-OH is 1. The molecule has 4 atom stereocenters. The molecule has 2 amide bonds. The predicted octanol–water partition coefficient (Wildman–Crippen LogP) is 4.84. The summed E-state index contributed by atoms with van der Waals surface area (Å²) in [6.07, 6.45) is -1.01. The van der Waals surface area contributed by atoms with Crippen molar-refractivity contribution in [2.24, 2.45) is 5.92 Å². The molecule has 3 N–H and O–H groups in total. The second kappa shape index (κ2) is 14.0. The van der Waals surface area contributed by atoms with Gasteiger partial charge < -0.3 is 30.1 Å². The third-order valence-electron chi connectivity index (χ3n) is 8.11. The molecule has 2 aliphatic heterocycles. The molecule has 0 bridgehead atoms. The number of non-ortho nitro benzene ring substituents is 1. The Morgan fingerprint density at radius 1 is 1.00 bits per heavy atom. The molecule has 0 radical (unpaired) electrons. The first kappa shape index (κ1) is 30.4. The Morgan fingerprint density at radius 3 is 2.37 bits per heavy atom.